The Hall–Kier alpha value is -1.61. The summed E-state index contributed by atoms with van der Waals surface area (Å²) < 4.78 is 0. The van der Waals surface area contributed by atoms with Crippen molar-refractivity contribution in [2.45, 2.75) is 13.8 Å². The zero-order valence-corrected chi connectivity index (χ0v) is 9.26. The Morgan fingerprint density at radius 1 is 1.27 bits per heavy atom. The molecule has 1 aromatic rings. The fourth-order valence-corrected chi connectivity index (χ4v) is 1.43. The van der Waals surface area contributed by atoms with Crippen LogP contribution in [0.1, 0.15) is 16.7 Å². The van der Waals surface area contributed by atoms with Crippen molar-refractivity contribution in [1.82, 2.24) is 5.48 Å². The summed E-state index contributed by atoms with van der Waals surface area (Å²) in [6.45, 7) is 7.70. The SMILES string of the molecule is C=C(C(=O)NOC)c1cc(C)cc(C)c1. The molecular formula is C12H15NO2. The third-order valence-electron chi connectivity index (χ3n) is 2.04. The molecule has 0 radical (unpaired) electrons. The number of benzene rings is 1. The number of carbonyl (C=O) groups excluding carboxylic acids is 1. The number of hydrogen-bond donors (Lipinski definition) is 1. The van der Waals surface area contributed by atoms with E-state index in [1.807, 2.05) is 32.0 Å². The minimum atomic E-state index is -0.317. The van der Waals surface area contributed by atoms with Crippen molar-refractivity contribution in [3.63, 3.8) is 0 Å². The second-order valence-corrected chi connectivity index (χ2v) is 3.49. The minimum absolute atomic E-state index is 0.317. The van der Waals surface area contributed by atoms with E-state index in [1.165, 1.54) is 7.11 Å². The van der Waals surface area contributed by atoms with Crippen LogP contribution in [0.15, 0.2) is 24.8 Å². The van der Waals surface area contributed by atoms with Gasteiger partial charge in [-0.3, -0.25) is 9.63 Å². The van der Waals surface area contributed by atoms with Crippen molar-refractivity contribution in [1.29, 1.82) is 0 Å². The molecule has 1 amide bonds. The summed E-state index contributed by atoms with van der Waals surface area (Å²) in [6, 6.07) is 5.89. The third kappa shape index (κ3) is 2.92. The first kappa shape index (κ1) is 11.5. The quantitative estimate of drug-likeness (QED) is 0.605. The minimum Gasteiger partial charge on any atom is -0.277 e. The molecule has 80 valence electrons. The number of hydroxylamine groups is 1. The van der Waals surface area contributed by atoms with Gasteiger partial charge in [0.1, 0.15) is 0 Å². The second kappa shape index (κ2) is 4.75. The number of nitrogens with one attached hydrogen (secondary N) is 1. The molecular weight excluding hydrogens is 190 g/mol. The topological polar surface area (TPSA) is 38.3 Å². The van der Waals surface area contributed by atoms with Crippen LogP contribution >= 0.6 is 0 Å². The van der Waals surface area contributed by atoms with Crippen LogP contribution in [-0.4, -0.2) is 13.0 Å². The Bertz CT molecular complexity index is 376. The second-order valence-electron chi connectivity index (χ2n) is 3.49. The van der Waals surface area contributed by atoms with E-state index >= 15 is 0 Å². The zero-order chi connectivity index (χ0) is 11.4. The molecule has 0 heterocycles. The van der Waals surface area contributed by atoms with Gasteiger partial charge in [0.25, 0.3) is 5.91 Å². The van der Waals surface area contributed by atoms with E-state index in [2.05, 4.69) is 16.9 Å². The standard InChI is InChI=1S/C12H15NO2/c1-8-5-9(2)7-11(6-8)10(3)12(14)13-15-4/h5-7H,3H2,1-2,4H3,(H,13,14). The lowest BCUT2D eigenvalue weighted by molar-refractivity contribution is -0.125. The van der Waals surface area contributed by atoms with Gasteiger partial charge in [-0.2, -0.15) is 0 Å². The van der Waals surface area contributed by atoms with Gasteiger partial charge in [-0.1, -0.05) is 35.9 Å². The highest BCUT2D eigenvalue weighted by Gasteiger charge is 2.09. The molecule has 0 saturated carbocycles. The Morgan fingerprint density at radius 2 is 1.80 bits per heavy atom. The summed E-state index contributed by atoms with van der Waals surface area (Å²) >= 11 is 0. The molecule has 3 nitrogen and oxygen atoms in total. The van der Waals surface area contributed by atoms with E-state index in [0.29, 0.717) is 5.57 Å². The van der Waals surface area contributed by atoms with Crippen LogP contribution in [0, 0.1) is 13.8 Å². The van der Waals surface area contributed by atoms with Crippen LogP contribution in [0.4, 0.5) is 0 Å². The van der Waals surface area contributed by atoms with Gasteiger partial charge in [-0.25, -0.2) is 5.48 Å². The number of hydrogen-bond acceptors (Lipinski definition) is 2. The molecule has 1 rings (SSSR count). The van der Waals surface area contributed by atoms with Gasteiger partial charge in [-0.05, 0) is 19.4 Å². The smallest absolute Gasteiger partial charge is 0.274 e. The fraction of sp³-hybridized carbons (Fsp3) is 0.250. The van der Waals surface area contributed by atoms with Gasteiger partial charge in [0.2, 0.25) is 0 Å². The molecule has 0 unspecified atom stereocenters. The fourth-order valence-electron chi connectivity index (χ4n) is 1.43. The van der Waals surface area contributed by atoms with Crippen molar-refractivity contribution in [2.24, 2.45) is 0 Å². The summed E-state index contributed by atoms with van der Waals surface area (Å²) in [5.41, 5.74) is 5.69. The van der Waals surface area contributed by atoms with Crippen LogP contribution in [0.5, 0.6) is 0 Å². The first-order valence-electron chi connectivity index (χ1n) is 4.65. The molecule has 0 aliphatic carbocycles. The van der Waals surface area contributed by atoms with Crippen LogP contribution in [-0.2, 0) is 9.63 Å². The van der Waals surface area contributed by atoms with E-state index in [-0.39, 0.29) is 5.91 Å². The van der Waals surface area contributed by atoms with E-state index in [0.717, 1.165) is 16.7 Å². The molecule has 0 fully saturated rings. The highest BCUT2D eigenvalue weighted by Crippen LogP contribution is 2.16. The zero-order valence-electron chi connectivity index (χ0n) is 9.26. The summed E-state index contributed by atoms with van der Waals surface area (Å²) in [6.07, 6.45) is 0. The Kier molecular flexibility index (Phi) is 3.63. The summed E-state index contributed by atoms with van der Waals surface area (Å²) in [7, 11) is 1.40. The number of amides is 1. The molecule has 0 aliphatic rings. The predicted molar refractivity (Wildman–Crippen MR) is 60.1 cm³/mol. The van der Waals surface area contributed by atoms with Crippen molar-refractivity contribution >= 4 is 11.5 Å². The number of rotatable bonds is 3. The van der Waals surface area contributed by atoms with Crippen LogP contribution in [0.2, 0.25) is 0 Å². The van der Waals surface area contributed by atoms with Crippen molar-refractivity contribution in [2.75, 3.05) is 7.11 Å². The van der Waals surface area contributed by atoms with Gasteiger partial charge < -0.3 is 0 Å². The van der Waals surface area contributed by atoms with Crippen LogP contribution in [0.25, 0.3) is 5.57 Å². The lowest BCUT2D eigenvalue weighted by atomic mass is 10.0. The normalized spacial score (nSPS) is 9.80. The van der Waals surface area contributed by atoms with Gasteiger partial charge in [-0.15, -0.1) is 0 Å². The van der Waals surface area contributed by atoms with Crippen molar-refractivity contribution < 1.29 is 9.63 Å². The van der Waals surface area contributed by atoms with E-state index < -0.39 is 0 Å². The Labute approximate surface area is 89.7 Å². The molecule has 0 aromatic heterocycles. The van der Waals surface area contributed by atoms with E-state index in [1.54, 1.807) is 0 Å². The summed E-state index contributed by atoms with van der Waals surface area (Å²) in [4.78, 5) is 16.0. The monoisotopic (exact) mass is 205 g/mol. The average molecular weight is 205 g/mol. The maximum absolute atomic E-state index is 11.4. The molecule has 15 heavy (non-hydrogen) atoms. The van der Waals surface area contributed by atoms with Crippen molar-refractivity contribution in [3.05, 3.63) is 41.5 Å². The van der Waals surface area contributed by atoms with Gasteiger partial charge in [0, 0.05) is 5.57 Å². The van der Waals surface area contributed by atoms with Gasteiger partial charge in [0.05, 0.1) is 7.11 Å². The first-order valence-corrected chi connectivity index (χ1v) is 4.65. The lowest BCUT2D eigenvalue weighted by Gasteiger charge is -2.07. The maximum atomic E-state index is 11.4. The molecule has 0 spiro atoms. The third-order valence-corrected chi connectivity index (χ3v) is 2.04. The average Bonchev–Trinajstić information content (AvgIpc) is 2.15. The van der Waals surface area contributed by atoms with Crippen LogP contribution in [0.3, 0.4) is 0 Å². The predicted octanol–water partition coefficient (Wildman–Crippen LogP) is 1.99. The largest absolute Gasteiger partial charge is 0.277 e. The van der Waals surface area contributed by atoms with Crippen LogP contribution < -0.4 is 5.48 Å². The van der Waals surface area contributed by atoms with E-state index in [9.17, 15) is 4.79 Å². The lowest BCUT2D eigenvalue weighted by Crippen LogP contribution is -2.22. The first-order chi connectivity index (χ1) is 7.04. The molecule has 0 bridgehead atoms. The summed E-state index contributed by atoms with van der Waals surface area (Å²) in [5.74, 6) is -0.317. The van der Waals surface area contributed by atoms with Gasteiger partial charge >= 0.3 is 0 Å². The van der Waals surface area contributed by atoms with E-state index in [4.69, 9.17) is 0 Å². The molecule has 0 aliphatic heterocycles. The number of aryl methyl sites for hydroxylation is 2. The van der Waals surface area contributed by atoms with Gasteiger partial charge in [0.15, 0.2) is 0 Å². The molecule has 1 N–H and O–H groups in total. The maximum Gasteiger partial charge on any atom is 0.274 e. The molecule has 1 aromatic carbocycles. The Morgan fingerprint density at radius 3 is 2.27 bits per heavy atom. The number of carbonyl (C=O) groups is 1. The highest BCUT2D eigenvalue weighted by molar-refractivity contribution is 6.18. The molecule has 3 heteroatoms. The Balaban J connectivity index is 2.96. The summed E-state index contributed by atoms with van der Waals surface area (Å²) in [5, 5.41) is 0. The molecule has 0 atom stereocenters. The molecule has 0 saturated heterocycles. The highest BCUT2D eigenvalue weighted by atomic mass is 16.6. The van der Waals surface area contributed by atoms with Crippen molar-refractivity contribution in [3.8, 4) is 0 Å².